The second kappa shape index (κ2) is 7.30. The molecule has 2 heteroatoms. The molecule has 1 atom stereocenters. The molecule has 102 valence electrons. The van der Waals surface area contributed by atoms with Crippen molar-refractivity contribution >= 4 is 11.3 Å². The van der Waals surface area contributed by atoms with E-state index in [1.54, 1.807) is 11.3 Å². The molecule has 0 radical (unpaired) electrons. The van der Waals surface area contributed by atoms with Crippen LogP contribution in [-0.2, 0) is 6.42 Å². The molecule has 1 aromatic rings. The molecule has 0 aromatic carbocycles. The minimum atomic E-state index is -0.115. The fraction of sp³-hybridized carbons (Fsp3) is 0.750. The Hall–Kier alpha value is -0.340. The third-order valence-corrected chi connectivity index (χ3v) is 5.29. The maximum Gasteiger partial charge on any atom is 0.0616 e. The lowest BCUT2D eigenvalue weighted by atomic mass is 9.77. The highest BCUT2D eigenvalue weighted by Gasteiger charge is 2.26. The van der Waals surface area contributed by atoms with Crippen molar-refractivity contribution in [3.63, 3.8) is 0 Å². The van der Waals surface area contributed by atoms with E-state index in [1.807, 2.05) is 0 Å². The zero-order chi connectivity index (χ0) is 12.8. The smallest absolute Gasteiger partial charge is 0.0616 e. The number of aliphatic hydroxyl groups excluding tert-OH is 1. The Labute approximate surface area is 115 Å². The molecular formula is C16H26OS. The van der Waals surface area contributed by atoms with E-state index in [0.717, 1.165) is 12.3 Å². The van der Waals surface area contributed by atoms with Gasteiger partial charge in [-0.2, -0.15) is 0 Å². The van der Waals surface area contributed by atoms with Gasteiger partial charge < -0.3 is 5.11 Å². The van der Waals surface area contributed by atoms with Crippen molar-refractivity contribution in [1.82, 2.24) is 0 Å². The summed E-state index contributed by atoms with van der Waals surface area (Å²) in [6.07, 6.45) is 10.0. The van der Waals surface area contributed by atoms with Gasteiger partial charge in [0.05, 0.1) is 6.10 Å². The average molecular weight is 266 g/mol. The average Bonchev–Trinajstić information content (AvgIpc) is 2.89. The maximum absolute atomic E-state index is 10.3. The Morgan fingerprint density at radius 1 is 1.33 bits per heavy atom. The number of unbranched alkanes of at least 4 members (excludes halogenated alkanes) is 1. The van der Waals surface area contributed by atoms with Crippen molar-refractivity contribution in [2.24, 2.45) is 11.8 Å². The minimum absolute atomic E-state index is 0.115. The largest absolute Gasteiger partial charge is 0.392 e. The van der Waals surface area contributed by atoms with E-state index in [4.69, 9.17) is 0 Å². The van der Waals surface area contributed by atoms with Crippen LogP contribution in [0.1, 0.15) is 56.7 Å². The molecule has 2 rings (SSSR count). The summed E-state index contributed by atoms with van der Waals surface area (Å²) in [5.41, 5.74) is 0. The fourth-order valence-corrected chi connectivity index (χ4v) is 3.91. The molecule has 1 nitrogen and oxygen atoms in total. The molecule has 0 saturated heterocycles. The Morgan fingerprint density at radius 3 is 2.72 bits per heavy atom. The third-order valence-electron chi connectivity index (χ3n) is 4.39. The number of rotatable bonds is 6. The molecule has 0 aliphatic heterocycles. The van der Waals surface area contributed by atoms with Crippen molar-refractivity contribution in [1.29, 1.82) is 0 Å². The summed E-state index contributed by atoms with van der Waals surface area (Å²) in [6.45, 7) is 2.27. The van der Waals surface area contributed by atoms with Crippen molar-refractivity contribution in [3.8, 4) is 0 Å². The van der Waals surface area contributed by atoms with Gasteiger partial charge in [-0.05, 0) is 36.1 Å². The van der Waals surface area contributed by atoms with Gasteiger partial charge in [0, 0.05) is 11.3 Å². The molecule has 18 heavy (non-hydrogen) atoms. The van der Waals surface area contributed by atoms with Crippen LogP contribution in [0.3, 0.4) is 0 Å². The van der Waals surface area contributed by atoms with Gasteiger partial charge in [0.15, 0.2) is 0 Å². The highest BCUT2D eigenvalue weighted by molar-refractivity contribution is 7.09. The van der Waals surface area contributed by atoms with Gasteiger partial charge in [0.25, 0.3) is 0 Å². The summed E-state index contributed by atoms with van der Waals surface area (Å²) in [4.78, 5) is 1.33. The predicted octanol–water partition coefficient (Wildman–Crippen LogP) is 4.65. The van der Waals surface area contributed by atoms with Crippen LogP contribution < -0.4 is 0 Å². The molecule has 1 heterocycles. The zero-order valence-electron chi connectivity index (χ0n) is 11.5. The molecule has 1 N–H and O–H groups in total. The summed E-state index contributed by atoms with van der Waals surface area (Å²) >= 11 is 1.77. The first-order valence-electron chi connectivity index (χ1n) is 7.50. The highest BCUT2D eigenvalue weighted by atomic mass is 32.1. The van der Waals surface area contributed by atoms with Crippen LogP contribution in [0, 0.1) is 11.8 Å². The summed E-state index contributed by atoms with van der Waals surface area (Å²) in [5, 5.41) is 12.4. The van der Waals surface area contributed by atoms with Crippen molar-refractivity contribution < 1.29 is 5.11 Å². The van der Waals surface area contributed by atoms with Crippen molar-refractivity contribution in [2.75, 3.05) is 0 Å². The van der Waals surface area contributed by atoms with E-state index in [-0.39, 0.29) is 6.10 Å². The van der Waals surface area contributed by atoms with Crippen LogP contribution in [-0.4, -0.2) is 11.2 Å². The minimum Gasteiger partial charge on any atom is -0.392 e. The summed E-state index contributed by atoms with van der Waals surface area (Å²) in [5.74, 6) is 1.49. The SMILES string of the molecule is CCCCC1CCC(C(O)Cc2cccs2)CC1. The standard InChI is InChI=1S/C16H26OS/c1-2-3-5-13-7-9-14(10-8-13)16(17)12-15-6-4-11-18-15/h4,6,11,13-14,16-17H,2-3,5,7-10,12H2,1H3. The number of hydrogen-bond acceptors (Lipinski definition) is 2. The van der Waals surface area contributed by atoms with Crippen LogP contribution in [0.2, 0.25) is 0 Å². The monoisotopic (exact) mass is 266 g/mol. The van der Waals surface area contributed by atoms with Crippen LogP contribution in [0.4, 0.5) is 0 Å². The topological polar surface area (TPSA) is 20.2 Å². The van der Waals surface area contributed by atoms with E-state index >= 15 is 0 Å². The quantitative estimate of drug-likeness (QED) is 0.794. The van der Waals surface area contributed by atoms with E-state index in [9.17, 15) is 5.11 Å². The molecule has 0 spiro atoms. The Balaban J connectivity index is 1.72. The zero-order valence-corrected chi connectivity index (χ0v) is 12.3. The molecular weight excluding hydrogens is 240 g/mol. The molecule has 1 aliphatic carbocycles. The molecule has 0 bridgehead atoms. The molecule has 1 aromatic heterocycles. The van der Waals surface area contributed by atoms with E-state index in [1.165, 1.54) is 49.8 Å². The number of thiophene rings is 1. The van der Waals surface area contributed by atoms with Crippen LogP contribution >= 0.6 is 11.3 Å². The summed E-state index contributed by atoms with van der Waals surface area (Å²) in [6, 6.07) is 4.22. The first kappa shape index (κ1) is 14.1. The van der Waals surface area contributed by atoms with Gasteiger partial charge in [-0.25, -0.2) is 0 Å². The normalized spacial score (nSPS) is 26.1. The summed E-state index contributed by atoms with van der Waals surface area (Å²) in [7, 11) is 0. The van der Waals surface area contributed by atoms with E-state index in [0.29, 0.717) is 5.92 Å². The van der Waals surface area contributed by atoms with Crippen molar-refractivity contribution in [3.05, 3.63) is 22.4 Å². The Morgan fingerprint density at radius 2 is 2.11 bits per heavy atom. The van der Waals surface area contributed by atoms with E-state index in [2.05, 4.69) is 24.4 Å². The number of hydrogen-bond donors (Lipinski definition) is 1. The second-order valence-corrected chi connectivity index (χ2v) is 6.81. The second-order valence-electron chi connectivity index (χ2n) is 5.77. The molecule has 1 saturated carbocycles. The van der Waals surface area contributed by atoms with Gasteiger partial charge in [-0.3, -0.25) is 0 Å². The first-order valence-corrected chi connectivity index (χ1v) is 8.38. The summed E-state index contributed by atoms with van der Waals surface area (Å²) < 4.78 is 0. The van der Waals surface area contributed by atoms with Crippen LogP contribution in [0.15, 0.2) is 17.5 Å². The Bertz CT molecular complexity index is 312. The van der Waals surface area contributed by atoms with E-state index < -0.39 is 0 Å². The maximum atomic E-state index is 10.3. The lowest BCUT2D eigenvalue weighted by molar-refractivity contribution is 0.0732. The number of aliphatic hydroxyl groups is 1. The van der Waals surface area contributed by atoms with Gasteiger partial charge >= 0.3 is 0 Å². The lowest BCUT2D eigenvalue weighted by Gasteiger charge is -2.31. The first-order chi connectivity index (χ1) is 8.79. The third kappa shape index (κ3) is 4.10. The van der Waals surface area contributed by atoms with Gasteiger partial charge in [-0.1, -0.05) is 45.1 Å². The van der Waals surface area contributed by atoms with Gasteiger partial charge in [0.2, 0.25) is 0 Å². The van der Waals surface area contributed by atoms with Crippen LogP contribution in [0.25, 0.3) is 0 Å². The molecule has 0 amide bonds. The Kier molecular flexibility index (Phi) is 5.71. The molecule has 1 unspecified atom stereocenters. The van der Waals surface area contributed by atoms with Gasteiger partial charge in [0.1, 0.15) is 0 Å². The molecule has 1 aliphatic rings. The molecule has 1 fully saturated rings. The van der Waals surface area contributed by atoms with Crippen molar-refractivity contribution in [2.45, 2.75) is 64.4 Å². The van der Waals surface area contributed by atoms with Gasteiger partial charge in [-0.15, -0.1) is 11.3 Å². The predicted molar refractivity (Wildman–Crippen MR) is 79.0 cm³/mol. The fourth-order valence-electron chi connectivity index (χ4n) is 3.16. The highest BCUT2D eigenvalue weighted by Crippen LogP contribution is 2.34. The van der Waals surface area contributed by atoms with Crippen LogP contribution in [0.5, 0.6) is 0 Å². The lowest BCUT2D eigenvalue weighted by Crippen LogP contribution is -2.27.